The van der Waals surface area contributed by atoms with E-state index in [1.807, 2.05) is 11.0 Å². The average molecular weight is 692 g/mol. The van der Waals surface area contributed by atoms with Gasteiger partial charge in [-0.2, -0.15) is 0 Å². The van der Waals surface area contributed by atoms with Crippen LogP contribution in [0.1, 0.15) is 19.3 Å². The predicted octanol–water partition coefficient (Wildman–Crippen LogP) is 7.39. The second-order valence-electron chi connectivity index (χ2n) is 11.4. The highest BCUT2D eigenvalue weighted by molar-refractivity contribution is 7.86. The van der Waals surface area contributed by atoms with Crippen molar-refractivity contribution in [3.8, 4) is 21.8 Å². The topological polar surface area (TPSA) is 95.5 Å². The molecule has 2 saturated heterocycles. The molecule has 248 valence electrons. The van der Waals surface area contributed by atoms with Crippen molar-refractivity contribution >= 4 is 50.5 Å². The monoisotopic (exact) mass is 691 g/mol. The summed E-state index contributed by atoms with van der Waals surface area (Å²) >= 11 is 1.51. The van der Waals surface area contributed by atoms with Crippen LogP contribution < -0.4 is 19.8 Å². The summed E-state index contributed by atoms with van der Waals surface area (Å²) in [5, 5.41) is 3.98. The molecule has 14 heteroatoms. The SMILES string of the molecule is O=S(Nc1cccc(-c2nc(N3CCCCC3)sc2-c2ccnc(Nc3ccc(N4CCOCC4)c(F)c3)n2)c1)c1c(F)cccc1F. The Morgan fingerprint density at radius 1 is 0.792 bits per heavy atom. The van der Waals surface area contributed by atoms with Crippen molar-refractivity contribution in [3.05, 3.63) is 90.4 Å². The molecule has 0 aliphatic carbocycles. The molecule has 1 unspecified atom stereocenters. The maximum atomic E-state index is 15.1. The highest BCUT2D eigenvalue weighted by atomic mass is 32.2. The summed E-state index contributed by atoms with van der Waals surface area (Å²) in [5.74, 6) is -1.84. The number of thiazole rings is 1. The summed E-state index contributed by atoms with van der Waals surface area (Å²) in [5.41, 5.74) is 3.41. The third kappa shape index (κ3) is 7.00. The molecule has 9 nitrogen and oxygen atoms in total. The number of nitrogens with zero attached hydrogens (tertiary/aromatic N) is 5. The largest absolute Gasteiger partial charge is 0.378 e. The maximum absolute atomic E-state index is 15.1. The van der Waals surface area contributed by atoms with Gasteiger partial charge < -0.3 is 24.6 Å². The van der Waals surface area contributed by atoms with Crippen LogP contribution in [-0.4, -0.2) is 58.6 Å². The fourth-order valence-electron chi connectivity index (χ4n) is 5.77. The zero-order chi connectivity index (χ0) is 33.0. The molecule has 7 rings (SSSR count). The molecule has 5 aromatic rings. The standard InChI is InChI=1S/C34H32F3N7O2S2/c35-25-8-5-9-26(36)32(25)48(45)42-24-7-4-6-22(20-24)30-31(47-34(41-30)44-14-2-1-3-15-44)28-12-13-38-33(40-28)39-23-10-11-29(27(37)21-23)43-16-18-46-19-17-43/h4-13,20-21,42H,1-3,14-19H2,(H,38,39,40). The van der Waals surface area contributed by atoms with Crippen molar-refractivity contribution in [1.82, 2.24) is 15.0 Å². The van der Waals surface area contributed by atoms with Gasteiger partial charge in [-0.25, -0.2) is 32.3 Å². The van der Waals surface area contributed by atoms with Crippen molar-refractivity contribution in [2.24, 2.45) is 0 Å². The minimum atomic E-state index is -2.18. The molecule has 0 saturated carbocycles. The number of halogens is 3. The summed E-state index contributed by atoms with van der Waals surface area (Å²) in [6.07, 6.45) is 4.95. The third-order valence-electron chi connectivity index (χ3n) is 8.14. The Bertz CT molecular complexity index is 1930. The Kier molecular flexibility index (Phi) is 9.54. The molecule has 3 aromatic carbocycles. The van der Waals surface area contributed by atoms with Crippen LogP contribution in [0.4, 0.5) is 41.3 Å². The van der Waals surface area contributed by atoms with E-state index in [9.17, 15) is 13.0 Å². The van der Waals surface area contributed by atoms with E-state index in [2.05, 4.69) is 19.9 Å². The minimum Gasteiger partial charge on any atom is -0.378 e. The highest BCUT2D eigenvalue weighted by Crippen LogP contribution is 2.41. The minimum absolute atomic E-state index is 0.294. The van der Waals surface area contributed by atoms with Crippen molar-refractivity contribution in [3.63, 3.8) is 0 Å². The number of nitrogens with one attached hydrogen (secondary N) is 2. The van der Waals surface area contributed by atoms with E-state index in [1.54, 1.807) is 42.6 Å². The van der Waals surface area contributed by atoms with Crippen LogP contribution in [0, 0.1) is 17.5 Å². The van der Waals surface area contributed by atoms with Gasteiger partial charge in [0.1, 0.15) is 22.3 Å². The molecular weight excluding hydrogens is 660 g/mol. The van der Waals surface area contributed by atoms with E-state index < -0.39 is 27.5 Å². The van der Waals surface area contributed by atoms with Gasteiger partial charge in [0.2, 0.25) is 5.95 Å². The lowest BCUT2D eigenvalue weighted by Crippen LogP contribution is -2.36. The fraction of sp³-hybridized carbons (Fsp3) is 0.265. The van der Waals surface area contributed by atoms with E-state index in [1.165, 1.54) is 29.9 Å². The van der Waals surface area contributed by atoms with Crippen molar-refractivity contribution in [2.75, 3.05) is 59.2 Å². The van der Waals surface area contributed by atoms with Crippen molar-refractivity contribution in [2.45, 2.75) is 24.2 Å². The molecule has 0 spiro atoms. The second-order valence-corrected chi connectivity index (χ2v) is 13.5. The number of morpholine rings is 1. The molecule has 2 aliphatic rings. The molecule has 0 radical (unpaired) electrons. The normalized spacial score (nSPS) is 15.7. The number of benzene rings is 3. The lowest BCUT2D eigenvalue weighted by molar-refractivity contribution is 0.122. The first kappa shape index (κ1) is 32.0. The van der Waals surface area contributed by atoms with Gasteiger partial charge in [-0.3, -0.25) is 0 Å². The Hall–Kier alpha value is -4.53. The molecule has 2 fully saturated rings. The summed E-state index contributed by atoms with van der Waals surface area (Å²) in [6.45, 7) is 4.17. The van der Waals surface area contributed by atoms with E-state index in [0.717, 1.165) is 48.1 Å². The van der Waals surface area contributed by atoms with E-state index in [-0.39, 0.29) is 5.82 Å². The predicted molar refractivity (Wildman–Crippen MR) is 184 cm³/mol. The van der Waals surface area contributed by atoms with Crippen LogP contribution in [0.5, 0.6) is 0 Å². The van der Waals surface area contributed by atoms with Gasteiger partial charge in [0.25, 0.3) is 0 Å². The summed E-state index contributed by atoms with van der Waals surface area (Å²) in [4.78, 5) is 18.7. The number of hydrogen-bond donors (Lipinski definition) is 2. The van der Waals surface area contributed by atoms with Crippen molar-refractivity contribution < 1.29 is 22.1 Å². The fourth-order valence-corrected chi connectivity index (χ4v) is 7.81. The number of ether oxygens (including phenoxy) is 1. The van der Waals surface area contributed by atoms with Crippen LogP contribution >= 0.6 is 11.3 Å². The lowest BCUT2D eigenvalue weighted by Gasteiger charge is -2.29. The van der Waals surface area contributed by atoms with Gasteiger partial charge in [-0.1, -0.05) is 29.5 Å². The summed E-state index contributed by atoms with van der Waals surface area (Å²) in [7, 11) is -2.18. The smallest absolute Gasteiger partial charge is 0.227 e. The van der Waals surface area contributed by atoms with Crippen molar-refractivity contribution in [1.29, 1.82) is 0 Å². The number of piperidine rings is 1. The van der Waals surface area contributed by atoms with Gasteiger partial charge in [0.15, 0.2) is 16.1 Å². The van der Waals surface area contributed by atoms with Gasteiger partial charge in [0.05, 0.1) is 35.2 Å². The quantitative estimate of drug-likeness (QED) is 0.165. The van der Waals surface area contributed by atoms with Gasteiger partial charge in [-0.15, -0.1) is 0 Å². The van der Waals surface area contributed by atoms with Gasteiger partial charge >= 0.3 is 0 Å². The number of anilines is 5. The molecule has 2 aliphatic heterocycles. The summed E-state index contributed by atoms with van der Waals surface area (Å²) < 4.78 is 64.8. The van der Waals surface area contributed by atoms with Gasteiger partial charge in [-0.05, 0) is 67.8 Å². The first-order chi connectivity index (χ1) is 23.4. The molecule has 2 aromatic heterocycles. The van der Waals surface area contributed by atoms with E-state index >= 15 is 4.39 Å². The second kappa shape index (κ2) is 14.3. The number of hydrogen-bond acceptors (Lipinski definition) is 9. The first-order valence-electron chi connectivity index (χ1n) is 15.6. The molecule has 4 heterocycles. The highest BCUT2D eigenvalue weighted by Gasteiger charge is 2.23. The molecule has 2 N–H and O–H groups in total. The third-order valence-corrected chi connectivity index (χ3v) is 10.5. The Morgan fingerprint density at radius 2 is 1.56 bits per heavy atom. The Morgan fingerprint density at radius 3 is 2.33 bits per heavy atom. The molecule has 1 atom stereocenters. The van der Waals surface area contributed by atoms with E-state index in [4.69, 9.17) is 14.7 Å². The zero-order valence-corrected chi connectivity index (χ0v) is 27.4. The lowest BCUT2D eigenvalue weighted by atomic mass is 10.1. The Labute approximate surface area is 282 Å². The Balaban J connectivity index is 1.19. The zero-order valence-electron chi connectivity index (χ0n) is 25.8. The molecule has 0 amide bonds. The summed E-state index contributed by atoms with van der Waals surface area (Å²) in [6, 6.07) is 17.2. The molecule has 0 bridgehead atoms. The number of aromatic nitrogens is 3. The van der Waals surface area contributed by atoms with E-state index in [0.29, 0.717) is 66.3 Å². The molecule has 48 heavy (non-hydrogen) atoms. The molecular formula is C34H32F3N7O2S2. The van der Waals surface area contributed by atoms with Crippen LogP contribution in [-0.2, 0) is 15.7 Å². The maximum Gasteiger partial charge on any atom is 0.227 e. The van der Waals surface area contributed by atoms with Crippen LogP contribution in [0.2, 0.25) is 0 Å². The number of rotatable bonds is 9. The average Bonchev–Trinajstić information content (AvgIpc) is 3.55. The van der Waals surface area contributed by atoms with Crippen LogP contribution in [0.3, 0.4) is 0 Å². The van der Waals surface area contributed by atoms with Gasteiger partial charge in [0, 0.05) is 49.3 Å². The van der Waals surface area contributed by atoms with Crippen LogP contribution in [0.15, 0.2) is 77.8 Å². The van der Waals surface area contributed by atoms with Crippen LogP contribution in [0.25, 0.3) is 21.8 Å². The first-order valence-corrected chi connectivity index (χ1v) is 17.6.